The van der Waals surface area contributed by atoms with E-state index in [0.29, 0.717) is 5.39 Å². The Hall–Kier alpha value is -0.354. The van der Waals surface area contributed by atoms with Crippen molar-refractivity contribution in [1.29, 1.82) is 0 Å². The molecule has 0 spiro atoms. The molecule has 0 unspecified atom stereocenters. The van der Waals surface area contributed by atoms with Gasteiger partial charge in [0.15, 0.2) is 5.69 Å². The average Bonchev–Trinajstić information content (AvgIpc) is 2.27. The topological polar surface area (TPSA) is 107 Å². The van der Waals surface area contributed by atoms with Crippen molar-refractivity contribution < 1.29 is 69.5 Å². The van der Waals surface area contributed by atoms with Crippen molar-refractivity contribution in [3.63, 3.8) is 0 Å². The van der Waals surface area contributed by atoms with Gasteiger partial charge < -0.3 is 9.66 Å². The van der Waals surface area contributed by atoms with E-state index in [1.807, 2.05) is 0 Å². The van der Waals surface area contributed by atoms with Crippen LogP contribution in [0.4, 0.5) is 5.69 Å². The molecule has 2 aromatic rings. The van der Waals surface area contributed by atoms with Crippen molar-refractivity contribution in [2.75, 3.05) is 0 Å². The maximum atomic E-state index is 10.8. The average molecular weight is 291 g/mol. The number of fused-ring (bicyclic) bond motifs is 1. The number of benzene rings is 2. The van der Waals surface area contributed by atoms with E-state index < -0.39 is 15.0 Å². The van der Waals surface area contributed by atoms with Crippen LogP contribution in [-0.4, -0.2) is 18.1 Å². The Kier molecular flexibility index (Phi) is 5.01. The van der Waals surface area contributed by atoms with Gasteiger partial charge in [0.05, 0.1) is 4.90 Å². The van der Waals surface area contributed by atoms with Crippen LogP contribution in [0.15, 0.2) is 40.4 Å². The molecular formula is C10H6KNO5S. The Balaban J connectivity index is 0.00000162. The summed E-state index contributed by atoms with van der Waals surface area (Å²) in [5, 5.41) is 12.6. The summed E-state index contributed by atoms with van der Waals surface area (Å²) in [5.74, 6) is -0.368. The molecule has 8 heteroatoms. The van der Waals surface area contributed by atoms with Gasteiger partial charge in [0, 0.05) is 5.39 Å². The Bertz CT molecular complexity index is 714. The number of nitroso groups, excluding NO2 is 1. The first-order valence-electron chi connectivity index (χ1n) is 4.48. The first kappa shape index (κ1) is 15.7. The van der Waals surface area contributed by atoms with Crippen LogP contribution < -0.4 is 51.4 Å². The smallest absolute Gasteiger partial charge is 0.744 e. The summed E-state index contributed by atoms with van der Waals surface area (Å²) in [5.41, 5.74) is -0.284. The van der Waals surface area contributed by atoms with Gasteiger partial charge in [-0.05, 0) is 28.8 Å². The van der Waals surface area contributed by atoms with Gasteiger partial charge >= 0.3 is 51.4 Å². The number of nitrogens with zero attached hydrogens (tertiary/aromatic N) is 1. The second-order valence-electron chi connectivity index (χ2n) is 3.36. The van der Waals surface area contributed by atoms with E-state index in [4.69, 9.17) is 0 Å². The number of rotatable bonds is 2. The van der Waals surface area contributed by atoms with Crippen molar-refractivity contribution in [2.45, 2.75) is 4.90 Å². The molecule has 88 valence electrons. The summed E-state index contributed by atoms with van der Waals surface area (Å²) >= 11 is 0. The fourth-order valence-corrected chi connectivity index (χ4v) is 2.02. The summed E-state index contributed by atoms with van der Waals surface area (Å²) in [7, 11) is -4.61. The summed E-state index contributed by atoms with van der Waals surface area (Å²) in [6.45, 7) is 0. The van der Waals surface area contributed by atoms with Gasteiger partial charge in [-0.25, -0.2) is 8.42 Å². The number of hydrogen-bond acceptors (Lipinski definition) is 6. The van der Waals surface area contributed by atoms with Crippen LogP contribution >= 0.6 is 0 Å². The Morgan fingerprint density at radius 2 is 1.78 bits per heavy atom. The third-order valence-corrected chi connectivity index (χ3v) is 3.15. The van der Waals surface area contributed by atoms with Gasteiger partial charge in [-0.3, -0.25) is 0 Å². The molecule has 0 aromatic heterocycles. The van der Waals surface area contributed by atoms with E-state index in [0.717, 1.165) is 12.1 Å². The van der Waals surface area contributed by atoms with Gasteiger partial charge in [0.25, 0.3) is 0 Å². The molecule has 6 nitrogen and oxygen atoms in total. The monoisotopic (exact) mass is 291 g/mol. The maximum absolute atomic E-state index is 10.8. The van der Waals surface area contributed by atoms with Gasteiger partial charge in [-0.1, -0.05) is 12.1 Å². The summed E-state index contributed by atoms with van der Waals surface area (Å²) < 4.78 is 32.5. The molecule has 1 N–H and O–H groups in total. The van der Waals surface area contributed by atoms with Gasteiger partial charge in [0.2, 0.25) is 0 Å². The molecule has 2 rings (SSSR count). The molecule has 18 heavy (non-hydrogen) atoms. The number of aromatic hydroxyl groups is 1. The largest absolute Gasteiger partial charge is 1.00 e. The zero-order chi connectivity index (χ0) is 12.6. The third-order valence-electron chi connectivity index (χ3n) is 2.32. The maximum Gasteiger partial charge on any atom is 1.00 e. The molecule has 0 heterocycles. The van der Waals surface area contributed by atoms with E-state index in [1.54, 1.807) is 0 Å². The molecule has 0 saturated carbocycles. The fourth-order valence-electron chi connectivity index (χ4n) is 1.52. The van der Waals surface area contributed by atoms with E-state index in [9.17, 15) is 23.0 Å². The predicted molar refractivity (Wildman–Crippen MR) is 59.0 cm³/mol. The molecule has 0 aliphatic rings. The van der Waals surface area contributed by atoms with E-state index >= 15 is 0 Å². The molecule has 0 aliphatic heterocycles. The number of hydrogen-bond donors (Lipinski definition) is 1. The molecule has 0 radical (unpaired) electrons. The van der Waals surface area contributed by atoms with Crippen LogP contribution in [0.3, 0.4) is 0 Å². The minimum Gasteiger partial charge on any atom is -0.744 e. The van der Waals surface area contributed by atoms with Crippen molar-refractivity contribution >= 4 is 26.6 Å². The minimum absolute atomic E-state index is 0. The van der Waals surface area contributed by atoms with Crippen LogP contribution in [0.5, 0.6) is 5.75 Å². The molecule has 0 fully saturated rings. The molecule has 0 atom stereocenters. The van der Waals surface area contributed by atoms with Crippen molar-refractivity contribution in [3.05, 3.63) is 35.2 Å². The first-order valence-corrected chi connectivity index (χ1v) is 5.89. The van der Waals surface area contributed by atoms with Crippen molar-refractivity contribution in [2.24, 2.45) is 5.18 Å². The molecule has 0 aliphatic carbocycles. The number of phenolic OH excluding ortho intramolecular Hbond substituents is 1. The molecule has 0 bridgehead atoms. The van der Waals surface area contributed by atoms with Gasteiger partial charge in [0.1, 0.15) is 15.9 Å². The zero-order valence-electron chi connectivity index (χ0n) is 9.32. The minimum atomic E-state index is -4.61. The quantitative estimate of drug-likeness (QED) is 0.427. The molecular weight excluding hydrogens is 285 g/mol. The Labute approximate surface area is 145 Å². The van der Waals surface area contributed by atoms with Crippen LogP contribution in [0.25, 0.3) is 10.8 Å². The fraction of sp³-hybridized carbons (Fsp3) is 0. The van der Waals surface area contributed by atoms with E-state index in [2.05, 4.69) is 5.18 Å². The summed E-state index contributed by atoms with van der Waals surface area (Å²) in [6, 6.07) is 6.28. The van der Waals surface area contributed by atoms with Crippen LogP contribution in [-0.2, 0) is 10.1 Å². The SMILES string of the molecule is O=Nc1c(O)ccc2ccc(S(=O)(=O)[O-])cc12.[K+]. The third kappa shape index (κ3) is 2.96. The van der Waals surface area contributed by atoms with Crippen molar-refractivity contribution in [3.8, 4) is 5.75 Å². The van der Waals surface area contributed by atoms with E-state index in [1.165, 1.54) is 18.2 Å². The molecule has 0 saturated heterocycles. The predicted octanol–water partition coefficient (Wildman–Crippen LogP) is -1.15. The standard InChI is InChI=1S/C10H7NO5S.K/c12-9-4-2-6-1-3-7(17(14,15)16)5-8(6)10(9)11-13;/h1-5,12H,(H,14,15,16);/q;+1/p-1. The normalized spacial score (nSPS) is 10.9. The first-order chi connectivity index (χ1) is 7.93. The summed E-state index contributed by atoms with van der Waals surface area (Å²) in [6.07, 6.45) is 0. The van der Waals surface area contributed by atoms with Crippen LogP contribution in [0.2, 0.25) is 0 Å². The molecule has 0 amide bonds. The summed E-state index contributed by atoms with van der Waals surface area (Å²) in [4.78, 5) is 10.1. The molecule has 2 aromatic carbocycles. The second-order valence-corrected chi connectivity index (χ2v) is 4.74. The van der Waals surface area contributed by atoms with E-state index in [-0.39, 0.29) is 68.2 Å². The second kappa shape index (κ2) is 5.74. The number of phenols is 1. The zero-order valence-corrected chi connectivity index (χ0v) is 13.3. The Morgan fingerprint density at radius 3 is 2.33 bits per heavy atom. The van der Waals surface area contributed by atoms with Gasteiger partial charge in [-0.15, -0.1) is 4.91 Å². The van der Waals surface area contributed by atoms with Crippen LogP contribution in [0.1, 0.15) is 0 Å². The van der Waals surface area contributed by atoms with Gasteiger partial charge in [-0.2, -0.15) is 0 Å². The Morgan fingerprint density at radius 1 is 1.17 bits per heavy atom. The van der Waals surface area contributed by atoms with Crippen molar-refractivity contribution in [1.82, 2.24) is 0 Å². The van der Waals surface area contributed by atoms with Crippen LogP contribution in [0, 0.1) is 4.91 Å².